The molecule has 0 atom stereocenters. The Bertz CT molecular complexity index is 530. The van der Waals surface area contributed by atoms with Crippen molar-refractivity contribution in [2.45, 2.75) is 19.0 Å². The van der Waals surface area contributed by atoms with Gasteiger partial charge in [-0.15, -0.1) is 0 Å². The summed E-state index contributed by atoms with van der Waals surface area (Å²) in [6.07, 6.45) is 0. The van der Waals surface area contributed by atoms with E-state index < -0.39 is 0 Å². The molecule has 19 heavy (non-hydrogen) atoms. The van der Waals surface area contributed by atoms with E-state index in [4.69, 9.17) is 5.73 Å². The molecule has 2 N–H and O–H groups in total. The molecule has 2 aromatic rings. The van der Waals surface area contributed by atoms with E-state index in [1.54, 1.807) is 0 Å². The predicted octanol–water partition coefficient (Wildman–Crippen LogP) is 2.74. The van der Waals surface area contributed by atoms with Gasteiger partial charge in [0.2, 0.25) is 0 Å². The lowest BCUT2D eigenvalue weighted by molar-refractivity contribution is 0.139. The third kappa shape index (κ3) is 2.70. The molecule has 2 nitrogen and oxygen atoms in total. The highest BCUT2D eigenvalue weighted by Crippen LogP contribution is 2.28. The fourth-order valence-corrected chi connectivity index (χ4v) is 2.79. The summed E-state index contributed by atoms with van der Waals surface area (Å²) in [5.41, 5.74) is 9.89. The second kappa shape index (κ2) is 5.55. The van der Waals surface area contributed by atoms with Crippen LogP contribution in [-0.2, 0) is 13.1 Å². The Kier molecular flexibility index (Phi) is 3.62. The van der Waals surface area contributed by atoms with Crippen molar-refractivity contribution in [1.82, 2.24) is 4.90 Å². The Morgan fingerprint density at radius 3 is 2.21 bits per heavy atom. The van der Waals surface area contributed by atoms with Crippen molar-refractivity contribution in [3.05, 3.63) is 71.3 Å². The highest BCUT2D eigenvalue weighted by atomic mass is 15.2. The van der Waals surface area contributed by atoms with Crippen LogP contribution in [0.3, 0.4) is 0 Å². The first-order valence-corrected chi connectivity index (χ1v) is 6.91. The Balaban J connectivity index is 1.60. The molecular weight excluding hydrogens is 232 g/mol. The summed E-state index contributed by atoms with van der Waals surface area (Å²) in [5, 5.41) is 0. The lowest BCUT2D eigenvalue weighted by Gasteiger charge is -2.40. The van der Waals surface area contributed by atoms with Crippen LogP contribution in [0.15, 0.2) is 54.6 Å². The lowest BCUT2D eigenvalue weighted by atomic mass is 9.91. The first kappa shape index (κ1) is 12.4. The molecule has 1 saturated heterocycles. The van der Waals surface area contributed by atoms with Crippen LogP contribution in [0, 0.1) is 0 Å². The summed E-state index contributed by atoms with van der Waals surface area (Å²) in [4.78, 5) is 2.49. The molecule has 2 aromatic carbocycles. The lowest BCUT2D eigenvalue weighted by Crippen LogP contribution is -2.44. The van der Waals surface area contributed by atoms with Crippen LogP contribution in [-0.4, -0.2) is 18.0 Å². The summed E-state index contributed by atoms with van der Waals surface area (Å²) in [7, 11) is 0. The van der Waals surface area contributed by atoms with Crippen LogP contribution in [0.4, 0.5) is 0 Å². The van der Waals surface area contributed by atoms with Crippen molar-refractivity contribution in [3.63, 3.8) is 0 Å². The van der Waals surface area contributed by atoms with E-state index in [0.29, 0.717) is 12.5 Å². The monoisotopic (exact) mass is 252 g/mol. The molecule has 0 radical (unpaired) electrons. The second-order valence-corrected chi connectivity index (χ2v) is 5.27. The predicted molar refractivity (Wildman–Crippen MR) is 78.8 cm³/mol. The van der Waals surface area contributed by atoms with Gasteiger partial charge in [-0.05, 0) is 16.7 Å². The number of hydrogen-bond donors (Lipinski definition) is 1. The maximum atomic E-state index is 5.79. The van der Waals surface area contributed by atoms with Crippen molar-refractivity contribution in [3.8, 4) is 0 Å². The van der Waals surface area contributed by atoms with Crippen LogP contribution in [0.2, 0.25) is 0 Å². The Morgan fingerprint density at radius 2 is 1.53 bits per heavy atom. The van der Waals surface area contributed by atoms with Crippen molar-refractivity contribution < 1.29 is 0 Å². The van der Waals surface area contributed by atoms with Crippen molar-refractivity contribution in [2.75, 3.05) is 13.1 Å². The molecule has 0 amide bonds. The van der Waals surface area contributed by atoms with Crippen LogP contribution >= 0.6 is 0 Å². The molecule has 0 saturated carbocycles. The summed E-state index contributed by atoms with van der Waals surface area (Å²) in [6, 6.07) is 19.3. The second-order valence-electron chi connectivity index (χ2n) is 5.27. The normalized spacial score (nSPS) is 16.3. The number of likely N-dealkylation sites (tertiary alicyclic amines) is 1. The molecule has 0 aromatic heterocycles. The van der Waals surface area contributed by atoms with Gasteiger partial charge in [-0.25, -0.2) is 0 Å². The molecule has 1 fully saturated rings. The standard InChI is InChI=1S/C17H20N2/c18-10-15-8-4-5-9-16(15)11-19-12-17(13-19)14-6-2-1-3-7-14/h1-9,17H,10-13,18H2. The fourth-order valence-electron chi connectivity index (χ4n) is 2.79. The summed E-state index contributed by atoms with van der Waals surface area (Å²) < 4.78 is 0. The number of hydrogen-bond acceptors (Lipinski definition) is 2. The summed E-state index contributed by atoms with van der Waals surface area (Å²) in [5.74, 6) is 0.700. The van der Waals surface area contributed by atoms with E-state index in [-0.39, 0.29) is 0 Å². The van der Waals surface area contributed by atoms with Crippen molar-refractivity contribution in [2.24, 2.45) is 5.73 Å². The largest absolute Gasteiger partial charge is 0.326 e. The molecule has 3 rings (SSSR count). The minimum absolute atomic E-state index is 0.631. The maximum Gasteiger partial charge on any atom is 0.0237 e. The van der Waals surface area contributed by atoms with E-state index in [0.717, 1.165) is 19.6 Å². The smallest absolute Gasteiger partial charge is 0.0237 e. The molecule has 1 heterocycles. The molecule has 98 valence electrons. The van der Waals surface area contributed by atoms with Crippen LogP contribution in [0.25, 0.3) is 0 Å². The first-order valence-electron chi connectivity index (χ1n) is 6.91. The minimum Gasteiger partial charge on any atom is -0.326 e. The van der Waals surface area contributed by atoms with Crippen molar-refractivity contribution in [1.29, 1.82) is 0 Å². The Labute approximate surface area is 114 Å². The molecule has 0 aliphatic carbocycles. The fraction of sp³-hybridized carbons (Fsp3) is 0.294. The van der Waals surface area contributed by atoms with Crippen LogP contribution in [0.1, 0.15) is 22.6 Å². The third-order valence-corrected chi connectivity index (χ3v) is 3.96. The maximum absolute atomic E-state index is 5.79. The average molecular weight is 252 g/mol. The first-order chi connectivity index (χ1) is 9.36. The zero-order chi connectivity index (χ0) is 13.1. The Hall–Kier alpha value is -1.64. The number of nitrogens with zero attached hydrogens (tertiary/aromatic N) is 1. The SMILES string of the molecule is NCc1ccccc1CN1CC(c2ccccc2)C1. The van der Waals surface area contributed by atoms with E-state index in [2.05, 4.69) is 59.5 Å². The molecular formula is C17H20N2. The van der Waals surface area contributed by atoms with Gasteiger partial charge in [0.05, 0.1) is 0 Å². The quantitative estimate of drug-likeness (QED) is 0.906. The van der Waals surface area contributed by atoms with Gasteiger partial charge in [-0.1, -0.05) is 54.6 Å². The zero-order valence-corrected chi connectivity index (χ0v) is 11.1. The van der Waals surface area contributed by atoms with Gasteiger partial charge in [-0.2, -0.15) is 0 Å². The minimum atomic E-state index is 0.631. The van der Waals surface area contributed by atoms with Gasteiger partial charge in [0.25, 0.3) is 0 Å². The highest BCUT2D eigenvalue weighted by molar-refractivity contribution is 5.28. The molecule has 0 bridgehead atoms. The molecule has 2 heteroatoms. The van der Waals surface area contributed by atoms with Crippen molar-refractivity contribution >= 4 is 0 Å². The van der Waals surface area contributed by atoms with E-state index in [9.17, 15) is 0 Å². The molecule has 1 aliphatic rings. The topological polar surface area (TPSA) is 29.3 Å². The number of benzene rings is 2. The molecule has 0 unspecified atom stereocenters. The summed E-state index contributed by atoms with van der Waals surface area (Å²) >= 11 is 0. The molecule has 1 aliphatic heterocycles. The van der Waals surface area contributed by atoms with E-state index in [1.807, 2.05) is 0 Å². The zero-order valence-electron chi connectivity index (χ0n) is 11.1. The third-order valence-electron chi connectivity index (χ3n) is 3.96. The molecule has 0 spiro atoms. The number of nitrogens with two attached hydrogens (primary N) is 1. The van der Waals surface area contributed by atoms with Gasteiger partial charge in [0.1, 0.15) is 0 Å². The number of rotatable bonds is 4. The van der Waals surface area contributed by atoms with Gasteiger partial charge < -0.3 is 5.73 Å². The van der Waals surface area contributed by atoms with Gasteiger partial charge in [0, 0.05) is 32.1 Å². The Morgan fingerprint density at radius 1 is 0.895 bits per heavy atom. The highest BCUT2D eigenvalue weighted by Gasteiger charge is 2.27. The summed E-state index contributed by atoms with van der Waals surface area (Å²) in [6.45, 7) is 3.97. The average Bonchev–Trinajstić information content (AvgIpc) is 2.43. The van der Waals surface area contributed by atoms with E-state index >= 15 is 0 Å². The van der Waals surface area contributed by atoms with Gasteiger partial charge in [-0.3, -0.25) is 4.90 Å². The van der Waals surface area contributed by atoms with Crippen LogP contribution < -0.4 is 5.73 Å². The van der Waals surface area contributed by atoms with E-state index in [1.165, 1.54) is 16.7 Å². The van der Waals surface area contributed by atoms with Gasteiger partial charge in [0.15, 0.2) is 0 Å². The van der Waals surface area contributed by atoms with Crippen LogP contribution in [0.5, 0.6) is 0 Å². The van der Waals surface area contributed by atoms with Gasteiger partial charge >= 0.3 is 0 Å².